The van der Waals surface area contributed by atoms with Crippen LogP contribution >= 0.6 is 11.6 Å². The number of amides is 2. The first kappa shape index (κ1) is 19.8. The molecule has 1 N–H and O–H groups in total. The van der Waals surface area contributed by atoms with Crippen LogP contribution in [0.3, 0.4) is 0 Å². The highest BCUT2D eigenvalue weighted by Crippen LogP contribution is 2.15. The molecular weight excluding hydrogens is 362 g/mol. The molecule has 0 atom stereocenters. The van der Waals surface area contributed by atoms with Crippen molar-refractivity contribution in [2.45, 2.75) is 19.8 Å². The van der Waals surface area contributed by atoms with Gasteiger partial charge in [0.15, 0.2) is 0 Å². The largest absolute Gasteiger partial charge is 0.342 e. The Kier molecular flexibility index (Phi) is 7.09. The molecule has 0 bridgehead atoms. The van der Waals surface area contributed by atoms with Crippen molar-refractivity contribution in [3.8, 4) is 0 Å². The van der Waals surface area contributed by atoms with Crippen molar-refractivity contribution in [1.82, 2.24) is 4.90 Å². The molecule has 0 saturated carbocycles. The average Bonchev–Trinajstić information content (AvgIpc) is 2.58. The molecule has 2 aromatic carbocycles. The maximum Gasteiger partial charge on any atom is 0.226 e. The van der Waals surface area contributed by atoms with Crippen LogP contribution in [0.1, 0.15) is 18.9 Å². The fourth-order valence-corrected chi connectivity index (χ4v) is 2.51. The molecule has 138 valence electrons. The van der Waals surface area contributed by atoms with E-state index in [0.717, 1.165) is 17.7 Å². The van der Waals surface area contributed by atoms with E-state index in [-0.39, 0.29) is 24.6 Å². The molecular formula is C19H19ClF2N2O2. The van der Waals surface area contributed by atoms with Crippen LogP contribution in [0.4, 0.5) is 14.5 Å². The van der Waals surface area contributed by atoms with Crippen LogP contribution in [0.15, 0.2) is 42.5 Å². The number of anilines is 1. The van der Waals surface area contributed by atoms with Gasteiger partial charge in [-0.2, -0.15) is 0 Å². The minimum Gasteiger partial charge on any atom is -0.342 e. The van der Waals surface area contributed by atoms with E-state index in [2.05, 4.69) is 5.32 Å². The maximum atomic E-state index is 13.5. The second-order valence-corrected chi connectivity index (χ2v) is 6.24. The molecule has 2 rings (SSSR count). The fraction of sp³-hybridized carbons (Fsp3) is 0.263. The van der Waals surface area contributed by atoms with Gasteiger partial charge in [0.2, 0.25) is 11.8 Å². The lowest BCUT2D eigenvalue weighted by molar-refractivity contribution is -0.129. The Hall–Kier alpha value is -2.47. The predicted octanol–water partition coefficient (Wildman–Crippen LogP) is 4.04. The molecule has 0 aliphatic heterocycles. The summed E-state index contributed by atoms with van der Waals surface area (Å²) in [5.41, 5.74) is 0.936. The summed E-state index contributed by atoms with van der Waals surface area (Å²) in [5, 5.41) is 3.02. The van der Waals surface area contributed by atoms with Crippen LogP contribution < -0.4 is 5.32 Å². The van der Waals surface area contributed by atoms with E-state index in [1.54, 1.807) is 17.0 Å². The first-order valence-electron chi connectivity index (χ1n) is 8.10. The maximum absolute atomic E-state index is 13.5. The molecule has 0 radical (unpaired) electrons. The molecule has 4 nitrogen and oxygen atoms in total. The van der Waals surface area contributed by atoms with E-state index in [1.807, 2.05) is 12.1 Å². The van der Waals surface area contributed by atoms with Crippen molar-refractivity contribution in [3.63, 3.8) is 0 Å². The van der Waals surface area contributed by atoms with Gasteiger partial charge < -0.3 is 10.2 Å². The molecule has 0 aliphatic carbocycles. The highest BCUT2D eigenvalue weighted by molar-refractivity contribution is 6.30. The summed E-state index contributed by atoms with van der Waals surface area (Å²) in [7, 11) is 0. The number of carbonyl (C=O) groups excluding carboxylic acids is 2. The molecule has 26 heavy (non-hydrogen) atoms. The average molecular weight is 381 g/mol. The quantitative estimate of drug-likeness (QED) is 0.788. The van der Waals surface area contributed by atoms with Gasteiger partial charge >= 0.3 is 0 Å². The van der Waals surface area contributed by atoms with E-state index in [9.17, 15) is 18.4 Å². The number of carbonyl (C=O) groups is 2. The number of hydrogen-bond acceptors (Lipinski definition) is 2. The Morgan fingerprint density at radius 1 is 1.08 bits per heavy atom. The van der Waals surface area contributed by atoms with Gasteiger partial charge in [-0.25, -0.2) is 8.78 Å². The minimum absolute atomic E-state index is 0.0109. The van der Waals surface area contributed by atoms with Crippen molar-refractivity contribution in [2.24, 2.45) is 0 Å². The smallest absolute Gasteiger partial charge is 0.226 e. The molecule has 0 fully saturated rings. The number of benzene rings is 2. The van der Waals surface area contributed by atoms with Gasteiger partial charge in [0.05, 0.1) is 5.69 Å². The summed E-state index contributed by atoms with van der Waals surface area (Å²) in [6.07, 6.45) is 0.641. The van der Waals surface area contributed by atoms with E-state index in [0.29, 0.717) is 24.1 Å². The summed E-state index contributed by atoms with van der Waals surface area (Å²) in [4.78, 5) is 25.3. The van der Waals surface area contributed by atoms with E-state index in [1.165, 1.54) is 6.92 Å². The van der Waals surface area contributed by atoms with Gasteiger partial charge in [0.25, 0.3) is 0 Å². The normalized spacial score (nSPS) is 10.5. The Balaban J connectivity index is 1.86. The SMILES string of the molecule is CC(=O)N(CCC(=O)Nc1ccc(F)cc1F)CCc1ccc(Cl)cc1. The van der Waals surface area contributed by atoms with Gasteiger partial charge in [-0.1, -0.05) is 23.7 Å². The van der Waals surface area contributed by atoms with E-state index >= 15 is 0 Å². The third kappa shape index (κ3) is 6.11. The predicted molar refractivity (Wildman–Crippen MR) is 97.0 cm³/mol. The zero-order chi connectivity index (χ0) is 19.1. The molecule has 0 aromatic heterocycles. The van der Waals surface area contributed by atoms with Crippen LogP contribution in [-0.2, 0) is 16.0 Å². The number of hydrogen-bond donors (Lipinski definition) is 1. The molecule has 0 unspecified atom stereocenters. The van der Waals surface area contributed by atoms with Crippen LogP contribution in [0.25, 0.3) is 0 Å². The molecule has 2 aromatic rings. The topological polar surface area (TPSA) is 49.4 Å². The number of rotatable bonds is 7. The summed E-state index contributed by atoms with van der Waals surface area (Å²) in [5.74, 6) is -2.16. The van der Waals surface area contributed by atoms with Gasteiger partial charge in [0, 0.05) is 37.5 Å². The fourth-order valence-electron chi connectivity index (χ4n) is 2.38. The lowest BCUT2D eigenvalue weighted by Crippen LogP contribution is -2.33. The summed E-state index contributed by atoms with van der Waals surface area (Å²) < 4.78 is 26.4. The van der Waals surface area contributed by atoms with Gasteiger partial charge in [-0.05, 0) is 36.2 Å². The minimum atomic E-state index is -0.843. The number of nitrogens with zero attached hydrogens (tertiary/aromatic N) is 1. The van der Waals surface area contributed by atoms with Crippen molar-refractivity contribution >= 4 is 29.1 Å². The molecule has 0 saturated heterocycles. The lowest BCUT2D eigenvalue weighted by Gasteiger charge is -2.21. The third-order valence-corrected chi connectivity index (χ3v) is 4.09. The van der Waals surface area contributed by atoms with Crippen LogP contribution in [0.2, 0.25) is 5.02 Å². The van der Waals surface area contributed by atoms with Gasteiger partial charge in [-0.15, -0.1) is 0 Å². The van der Waals surface area contributed by atoms with Crippen LogP contribution in [-0.4, -0.2) is 29.8 Å². The molecule has 0 aliphatic rings. The molecule has 7 heteroatoms. The number of nitrogens with one attached hydrogen (secondary N) is 1. The zero-order valence-corrected chi connectivity index (χ0v) is 15.0. The van der Waals surface area contributed by atoms with Crippen molar-refractivity contribution in [1.29, 1.82) is 0 Å². The van der Waals surface area contributed by atoms with Crippen molar-refractivity contribution in [2.75, 3.05) is 18.4 Å². The zero-order valence-electron chi connectivity index (χ0n) is 14.3. The molecule has 2 amide bonds. The Morgan fingerprint density at radius 3 is 2.38 bits per heavy atom. The first-order chi connectivity index (χ1) is 12.3. The second-order valence-electron chi connectivity index (χ2n) is 5.80. The van der Waals surface area contributed by atoms with Crippen molar-refractivity contribution in [3.05, 3.63) is 64.7 Å². The third-order valence-electron chi connectivity index (χ3n) is 3.84. The van der Waals surface area contributed by atoms with Crippen LogP contribution in [0.5, 0.6) is 0 Å². The van der Waals surface area contributed by atoms with Crippen LogP contribution in [0, 0.1) is 11.6 Å². The van der Waals surface area contributed by atoms with Gasteiger partial charge in [-0.3, -0.25) is 9.59 Å². The lowest BCUT2D eigenvalue weighted by atomic mass is 10.1. The Labute approximate surface area is 155 Å². The monoisotopic (exact) mass is 380 g/mol. The molecule has 0 heterocycles. The summed E-state index contributed by atoms with van der Waals surface area (Å²) >= 11 is 5.84. The summed E-state index contributed by atoms with van der Waals surface area (Å²) in [6.45, 7) is 2.09. The van der Waals surface area contributed by atoms with Gasteiger partial charge in [0.1, 0.15) is 11.6 Å². The standard InChI is InChI=1S/C19H19ClF2N2O2/c1-13(25)24(10-8-14-2-4-15(20)5-3-14)11-9-19(26)23-18-7-6-16(21)12-17(18)22/h2-7,12H,8-11H2,1H3,(H,23,26). The Morgan fingerprint density at radius 2 is 1.77 bits per heavy atom. The summed E-state index contributed by atoms with van der Waals surface area (Å²) in [6, 6.07) is 10.2. The molecule has 0 spiro atoms. The first-order valence-corrected chi connectivity index (χ1v) is 8.48. The second kappa shape index (κ2) is 9.29. The Bertz CT molecular complexity index is 782. The highest BCUT2D eigenvalue weighted by atomic mass is 35.5. The van der Waals surface area contributed by atoms with E-state index < -0.39 is 17.5 Å². The highest BCUT2D eigenvalue weighted by Gasteiger charge is 2.13. The van der Waals surface area contributed by atoms with E-state index in [4.69, 9.17) is 11.6 Å². The van der Waals surface area contributed by atoms with Crippen molar-refractivity contribution < 1.29 is 18.4 Å². The number of halogens is 3.